The molecule has 1 aliphatic rings. The molecule has 0 aromatic carbocycles. The summed E-state index contributed by atoms with van der Waals surface area (Å²) in [5, 5.41) is 19.9. The first-order valence-electron chi connectivity index (χ1n) is 5.70. The minimum Gasteiger partial charge on any atom is -0.464 e. The topological polar surface area (TPSA) is 129 Å². The van der Waals surface area contributed by atoms with Crippen molar-refractivity contribution in [3.63, 3.8) is 0 Å². The van der Waals surface area contributed by atoms with Crippen molar-refractivity contribution in [2.45, 2.75) is 37.9 Å². The van der Waals surface area contributed by atoms with Crippen LogP contribution in [0, 0.1) is 0 Å². The molecule has 0 bridgehead atoms. The van der Waals surface area contributed by atoms with Crippen LogP contribution in [0.4, 0.5) is 0 Å². The molecule has 1 aliphatic heterocycles. The Hall–Kier alpha value is -1.71. The van der Waals surface area contributed by atoms with Gasteiger partial charge in [-0.3, -0.25) is 9.59 Å². The molecule has 2 N–H and O–H groups in total. The number of esters is 3. The number of ether oxygens (including phenoxy) is 4. The lowest BCUT2D eigenvalue weighted by atomic mass is 9.96. The molecule has 1 heterocycles. The monoisotopic (exact) mass is 292 g/mol. The van der Waals surface area contributed by atoms with Crippen molar-refractivity contribution in [3.8, 4) is 0 Å². The van der Waals surface area contributed by atoms with E-state index < -0.39 is 48.6 Å². The van der Waals surface area contributed by atoms with E-state index in [2.05, 4.69) is 9.47 Å². The quantitative estimate of drug-likeness (QED) is 0.452. The summed E-state index contributed by atoms with van der Waals surface area (Å²) < 4.78 is 18.8. The number of methoxy groups -OCH3 is 1. The highest BCUT2D eigenvalue weighted by molar-refractivity contribution is 5.82. The summed E-state index contributed by atoms with van der Waals surface area (Å²) in [5.74, 6) is -5.31. The van der Waals surface area contributed by atoms with Crippen LogP contribution in [-0.2, 0) is 33.3 Å². The van der Waals surface area contributed by atoms with E-state index in [1.807, 2.05) is 0 Å². The molecule has 0 amide bonds. The van der Waals surface area contributed by atoms with Gasteiger partial charge in [-0.1, -0.05) is 0 Å². The minimum absolute atomic E-state index is 0.458. The highest BCUT2D eigenvalue weighted by atomic mass is 16.8. The van der Waals surface area contributed by atoms with Crippen LogP contribution in [0.5, 0.6) is 0 Å². The van der Waals surface area contributed by atoms with E-state index in [1.165, 1.54) is 0 Å². The van der Waals surface area contributed by atoms with Gasteiger partial charge in [0.25, 0.3) is 0 Å². The van der Waals surface area contributed by atoms with Gasteiger partial charge in [0.15, 0.2) is 12.2 Å². The highest BCUT2D eigenvalue weighted by Crippen LogP contribution is 2.30. The van der Waals surface area contributed by atoms with Gasteiger partial charge in [0, 0.05) is 13.8 Å². The van der Waals surface area contributed by atoms with E-state index in [0.717, 1.165) is 21.0 Å². The predicted molar refractivity (Wildman–Crippen MR) is 60.0 cm³/mol. The van der Waals surface area contributed by atoms with Crippen LogP contribution in [0.25, 0.3) is 0 Å². The molecule has 0 spiro atoms. The van der Waals surface area contributed by atoms with Crippen LogP contribution in [-0.4, -0.2) is 65.9 Å². The maximum Gasteiger partial charge on any atom is 0.382 e. The van der Waals surface area contributed by atoms with Gasteiger partial charge in [-0.25, -0.2) is 4.79 Å². The van der Waals surface area contributed by atoms with Crippen molar-refractivity contribution in [3.05, 3.63) is 0 Å². The minimum atomic E-state index is -2.49. The smallest absolute Gasteiger partial charge is 0.382 e. The summed E-state index contributed by atoms with van der Waals surface area (Å²) >= 11 is 0. The Labute approximate surface area is 114 Å². The fourth-order valence-electron chi connectivity index (χ4n) is 1.80. The molecule has 9 heteroatoms. The van der Waals surface area contributed by atoms with Gasteiger partial charge in [-0.05, 0) is 0 Å². The van der Waals surface area contributed by atoms with E-state index in [-0.39, 0.29) is 0 Å². The van der Waals surface area contributed by atoms with Crippen LogP contribution in [0.3, 0.4) is 0 Å². The molecule has 0 aliphatic carbocycles. The first kappa shape index (κ1) is 16.3. The lowest BCUT2D eigenvalue weighted by molar-refractivity contribution is -0.318. The van der Waals surface area contributed by atoms with Crippen LogP contribution in [0.2, 0.25) is 0 Å². The second-order valence-corrected chi connectivity index (χ2v) is 4.15. The Morgan fingerprint density at radius 1 is 1.20 bits per heavy atom. The average molecular weight is 292 g/mol. The zero-order chi connectivity index (χ0) is 15.5. The van der Waals surface area contributed by atoms with Crippen molar-refractivity contribution >= 4 is 17.9 Å². The van der Waals surface area contributed by atoms with E-state index in [4.69, 9.17) is 9.47 Å². The van der Waals surface area contributed by atoms with Crippen LogP contribution < -0.4 is 0 Å². The number of carbonyl (C=O) groups excluding carboxylic acids is 3. The highest BCUT2D eigenvalue weighted by Gasteiger charge is 2.60. The molecular formula is C11H16O9. The largest absolute Gasteiger partial charge is 0.464 e. The van der Waals surface area contributed by atoms with E-state index in [0.29, 0.717) is 0 Å². The van der Waals surface area contributed by atoms with Gasteiger partial charge in [-0.15, -0.1) is 0 Å². The fourth-order valence-corrected chi connectivity index (χ4v) is 1.80. The Morgan fingerprint density at radius 3 is 2.25 bits per heavy atom. The van der Waals surface area contributed by atoms with Gasteiger partial charge >= 0.3 is 23.7 Å². The van der Waals surface area contributed by atoms with Gasteiger partial charge in [0.2, 0.25) is 0 Å². The fraction of sp³-hybridized carbons (Fsp3) is 0.727. The molecule has 0 saturated carbocycles. The van der Waals surface area contributed by atoms with E-state index >= 15 is 0 Å². The molecule has 20 heavy (non-hydrogen) atoms. The number of hydrogen-bond acceptors (Lipinski definition) is 9. The maximum atomic E-state index is 11.7. The summed E-state index contributed by atoms with van der Waals surface area (Å²) in [7, 11) is 0.994. The van der Waals surface area contributed by atoms with Gasteiger partial charge in [0.1, 0.15) is 6.10 Å². The van der Waals surface area contributed by atoms with Gasteiger partial charge < -0.3 is 29.2 Å². The first-order valence-corrected chi connectivity index (χ1v) is 5.70. The predicted octanol–water partition coefficient (Wildman–Crippen LogP) is -1.90. The van der Waals surface area contributed by atoms with E-state index in [1.54, 1.807) is 0 Å². The van der Waals surface area contributed by atoms with Crippen molar-refractivity contribution in [2.75, 3.05) is 13.7 Å². The number of rotatable bonds is 3. The summed E-state index contributed by atoms with van der Waals surface area (Å²) in [6, 6.07) is 0. The Kier molecular flexibility index (Phi) is 5.03. The second-order valence-electron chi connectivity index (χ2n) is 4.15. The van der Waals surface area contributed by atoms with Crippen molar-refractivity contribution in [2.24, 2.45) is 0 Å². The molecule has 1 rings (SSSR count). The number of carbonyl (C=O) groups is 3. The zero-order valence-electron chi connectivity index (χ0n) is 11.2. The molecule has 1 saturated heterocycles. The summed E-state index contributed by atoms with van der Waals surface area (Å²) in [6.07, 6.45) is -4.86. The number of hydrogen-bond donors (Lipinski definition) is 2. The molecule has 0 aromatic rings. The molecular weight excluding hydrogens is 276 g/mol. The normalized spacial score (nSPS) is 33.1. The summed E-state index contributed by atoms with van der Waals surface area (Å²) in [6.45, 7) is 1.64. The second kappa shape index (κ2) is 6.16. The van der Waals surface area contributed by atoms with Crippen molar-refractivity contribution in [1.29, 1.82) is 0 Å². The standard InChI is InChI=1S/C11H16O9/c1-5(12)19-7-4-18-11(10(16)17-3,20-6(2)13)9(15)8(7)14/h7-9,14-15H,4H2,1-3H3/t7-,8+,9+,11+/m0/s1. The first-order chi connectivity index (χ1) is 9.24. The van der Waals surface area contributed by atoms with Gasteiger partial charge in [0.05, 0.1) is 13.7 Å². The maximum absolute atomic E-state index is 11.7. The zero-order valence-corrected chi connectivity index (χ0v) is 11.2. The van der Waals surface area contributed by atoms with Crippen LogP contribution in [0.1, 0.15) is 13.8 Å². The van der Waals surface area contributed by atoms with E-state index in [9.17, 15) is 24.6 Å². The average Bonchev–Trinajstić information content (AvgIpc) is 2.36. The van der Waals surface area contributed by atoms with Crippen LogP contribution in [0.15, 0.2) is 0 Å². The lowest BCUT2D eigenvalue weighted by Gasteiger charge is -2.42. The lowest BCUT2D eigenvalue weighted by Crippen LogP contribution is -2.66. The van der Waals surface area contributed by atoms with Crippen molar-refractivity contribution < 1.29 is 43.5 Å². The third kappa shape index (κ3) is 3.06. The SMILES string of the molecule is COC(=O)[C@@]1(OC(C)=O)OC[C@H](OC(C)=O)[C@@H](O)[C@H]1O. The summed E-state index contributed by atoms with van der Waals surface area (Å²) in [5.41, 5.74) is 0. The molecule has 0 aromatic heterocycles. The third-order valence-corrected chi connectivity index (χ3v) is 2.64. The Bertz CT molecular complexity index is 407. The van der Waals surface area contributed by atoms with Gasteiger partial charge in [-0.2, -0.15) is 0 Å². The van der Waals surface area contributed by atoms with Crippen LogP contribution >= 0.6 is 0 Å². The molecule has 4 atom stereocenters. The molecule has 1 fully saturated rings. The molecule has 0 radical (unpaired) electrons. The number of aliphatic hydroxyl groups excluding tert-OH is 2. The molecule has 0 unspecified atom stereocenters. The Balaban J connectivity index is 3.01. The number of aliphatic hydroxyl groups is 2. The van der Waals surface area contributed by atoms with Crippen molar-refractivity contribution in [1.82, 2.24) is 0 Å². The molecule has 9 nitrogen and oxygen atoms in total. The Morgan fingerprint density at radius 2 is 1.80 bits per heavy atom. The third-order valence-electron chi connectivity index (χ3n) is 2.64. The molecule has 114 valence electrons. The summed E-state index contributed by atoms with van der Waals surface area (Å²) in [4.78, 5) is 33.6.